The van der Waals surface area contributed by atoms with Gasteiger partial charge in [0.25, 0.3) is 11.8 Å². The highest BCUT2D eigenvalue weighted by atomic mass is 32.1. The zero-order valence-electron chi connectivity index (χ0n) is 15.6. The third kappa shape index (κ3) is 4.63. The summed E-state index contributed by atoms with van der Waals surface area (Å²) in [4.78, 5) is 27.1. The van der Waals surface area contributed by atoms with E-state index in [1.54, 1.807) is 35.2 Å². The predicted octanol–water partition coefficient (Wildman–Crippen LogP) is 4.10. The van der Waals surface area contributed by atoms with Gasteiger partial charge in [-0.1, -0.05) is 18.2 Å². The van der Waals surface area contributed by atoms with Crippen molar-refractivity contribution < 1.29 is 18.7 Å². The van der Waals surface area contributed by atoms with Crippen molar-refractivity contribution in [3.05, 3.63) is 81.8 Å². The van der Waals surface area contributed by atoms with Crippen LogP contribution in [-0.4, -0.2) is 29.9 Å². The molecule has 0 fully saturated rings. The second-order valence-electron chi connectivity index (χ2n) is 6.73. The van der Waals surface area contributed by atoms with Crippen LogP contribution in [0.25, 0.3) is 0 Å². The lowest BCUT2D eigenvalue weighted by Gasteiger charge is -2.20. The Kier molecular flexibility index (Phi) is 5.57. The maximum Gasteiger partial charge on any atom is 0.265 e. The first-order chi connectivity index (χ1) is 14.1. The molecule has 2 heterocycles. The molecule has 1 aliphatic heterocycles. The summed E-state index contributed by atoms with van der Waals surface area (Å²) in [5.41, 5.74) is 2.44. The Morgan fingerprint density at radius 3 is 2.76 bits per heavy atom. The van der Waals surface area contributed by atoms with Crippen molar-refractivity contribution in [1.82, 2.24) is 4.90 Å². The minimum atomic E-state index is -0.279. The van der Waals surface area contributed by atoms with Crippen LogP contribution in [0.15, 0.2) is 60.0 Å². The van der Waals surface area contributed by atoms with E-state index in [-0.39, 0.29) is 24.2 Å². The number of carbonyl (C=O) groups excluding carboxylic acids is 2. The fourth-order valence-corrected chi connectivity index (χ4v) is 3.78. The van der Waals surface area contributed by atoms with Gasteiger partial charge in [-0.05, 0) is 53.8 Å². The molecule has 0 bridgehead atoms. The van der Waals surface area contributed by atoms with Crippen LogP contribution in [0.2, 0.25) is 0 Å². The minimum Gasteiger partial charge on any atom is -0.483 e. The van der Waals surface area contributed by atoms with Crippen molar-refractivity contribution in [2.45, 2.75) is 13.0 Å². The third-order valence-electron chi connectivity index (χ3n) is 4.71. The molecule has 29 heavy (non-hydrogen) atoms. The van der Waals surface area contributed by atoms with Crippen LogP contribution in [0.3, 0.4) is 0 Å². The maximum absolute atomic E-state index is 13.1. The molecule has 7 heteroatoms. The van der Waals surface area contributed by atoms with Gasteiger partial charge in [0.2, 0.25) is 0 Å². The number of rotatable bonds is 5. The van der Waals surface area contributed by atoms with Gasteiger partial charge in [-0.25, -0.2) is 4.39 Å². The molecule has 0 saturated heterocycles. The standard InChI is InChI=1S/C22H19FN2O3S/c23-17-5-3-15(4-6-17)9-10-25-13-16-12-18(7-8-19(16)28-14-21(25)26)24-22(27)20-2-1-11-29-20/h1-8,11-12H,9-10,13-14H2,(H,24,27). The normalized spacial score (nSPS) is 13.4. The number of amides is 2. The van der Waals surface area contributed by atoms with E-state index in [4.69, 9.17) is 4.74 Å². The minimum absolute atomic E-state index is 0.0304. The summed E-state index contributed by atoms with van der Waals surface area (Å²) < 4.78 is 18.7. The van der Waals surface area contributed by atoms with Crippen molar-refractivity contribution in [3.63, 3.8) is 0 Å². The molecule has 1 N–H and O–H groups in total. The molecule has 0 saturated carbocycles. The summed E-state index contributed by atoms with van der Waals surface area (Å²) >= 11 is 1.38. The topological polar surface area (TPSA) is 58.6 Å². The van der Waals surface area contributed by atoms with E-state index in [2.05, 4.69) is 5.32 Å². The fourth-order valence-electron chi connectivity index (χ4n) is 3.17. The molecular weight excluding hydrogens is 391 g/mol. The average molecular weight is 410 g/mol. The number of hydrogen-bond acceptors (Lipinski definition) is 4. The number of anilines is 1. The van der Waals surface area contributed by atoms with E-state index in [1.807, 2.05) is 17.5 Å². The number of fused-ring (bicyclic) bond motifs is 1. The number of ether oxygens (including phenoxy) is 1. The molecule has 0 radical (unpaired) electrons. The second-order valence-corrected chi connectivity index (χ2v) is 7.68. The summed E-state index contributed by atoms with van der Waals surface area (Å²) in [7, 11) is 0. The molecule has 2 aromatic carbocycles. The van der Waals surface area contributed by atoms with Gasteiger partial charge in [-0.2, -0.15) is 0 Å². The largest absolute Gasteiger partial charge is 0.483 e. The summed E-state index contributed by atoms with van der Waals surface area (Å²) in [6.45, 7) is 0.856. The molecule has 0 aliphatic carbocycles. The van der Waals surface area contributed by atoms with Gasteiger partial charge >= 0.3 is 0 Å². The van der Waals surface area contributed by atoms with Gasteiger partial charge in [0.1, 0.15) is 11.6 Å². The van der Waals surface area contributed by atoms with Crippen LogP contribution in [-0.2, 0) is 17.8 Å². The summed E-state index contributed by atoms with van der Waals surface area (Å²) in [6.07, 6.45) is 0.621. The van der Waals surface area contributed by atoms with Crippen LogP contribution in [0.5, 0.6) is 5.75 Å². The molecule has 0 atom stereocenters. The van der Waals surface area contributed by atoms with Crippen molar-refractivity contribution in [1.29, 1.82) is 0 Å². The number of benzene rings is 2. The predicted molar refractivity (Wildman–Crippen MR) is 110 cm³/mol. The molecule has 148 valence electrons. The van der Waals surface area contributed by atoms with E-state index in [0.717, 1.165) is 11.1 Å². The van der Waals surface area contributed by atoms with Crippen molar-refractivity contribution >= 4 is 28.8 Å². The van der Waals surface area contributed by atoms with E-state index < -0.39 is 0 Å². The number of carbonyl (C=O) groups is 2. The lowest BCUT2D eigenvalue weighted by atomic mass is 10.1. The molecule has 4 rings (SSSR count). The Bertz CT molecular complexity index is 1020. The summed E-state index contributed by atoms with van der Waals surface area (Å²) in [6, 6.07) is 15.3. The number of nitrogens with one attached hydrogen (secondary N) is 1. The zero-order chi connectivity index (χ0) is 20.2. The molecule has 1 aromatic heterocycles. The van der Waals surface area contributed by atoms with Gasteiger partial charge < -0.3 is 15.0 Å². The number of thiophene rings is 1. The highest BCUT2D eigenvalue weighted by Gasteiger charge is 2.22. The first kappa shape index (κ1) is 19.1. The van der Waals surface area contributed by atoms with Crippen molar-refractivity contribution in [2.24, 2.45) is 0 Å². The van der Waals surface area contributed by atoms with Gasteiger partial charge in [-0.15, -0.1) is 11.3 Å². The lowest BCUT2D eigenvalue weighted by Crippen LogP contribution is -2.34. The van der Waals surface area contributed by atoms with Crippen LogP contribution < -0.4 is 10.1 Å². The Hall–Kier alpha value is -3.19. The van der Waals surface area contributed by atoms with Crippen LogP contribution in [0, 0.1) is 5.82 Å². The van der Waals surface area contributed by atoms with Crippen molar-refractivity contribution in [3.8, 4) is 5.75 Å². The Morgan fingerprint density at radius 1 is 1.17 bits per heavy atom. The Labute approximate surface area is 171 Å². The number of hydrogen-bond donors (Lipinski definition) is 1. The van der Waals surface area contributed by atoms with E-state index in [0.29, 0.717) is 35.8 Å². The molecule has 1 aliphatic rings. The highest BCUT2D eigenvalue weighted by Crippen LogP contribution is 2.27. The van der Waals surface area contributed by atoms with Crippen LogP contribution in [0.1, 0.15) is 20.8 Å². The SMILES string of the molecule is O=C(Nc1ccc2c(c1)CN(CCc1ccc(F)cc1)C(=O)CO2)c1cccs1. The monoisotopic (exact) mass is 410 g/mol. The van der Waals surface area contributed by atoms with Gasteiger partial charge in [0, 0.05) is 24.3 Å². The number of nitrogens with zero attached hydrogens (tertiary/aromatic N) is 1. The molecule has 2 amide bonds. The third-order valence-corrected chi connectivity index (χ3v) is 5.58. The smallest absolute Gasteiger partial charge is 0.265 e. The van der Waals surface area contributed by atoms with Gasteiger partial charge in [-0.3, -0.25) is 9.59 Å². The van der Waals surface area contributed by atoms with E-state index in [9.17, 15) is 14.0 Å². The second kappa shape index (κ2) is 8.45. The summed E-state index contributed by atoms with van der Waals surface area (Å²) in [5, 5.41) is 4.73. The highest BCUT2D eigenvalue weighted by molar-refractivity contribution is 7.12. The van der Waals surface area contributed by atoms with Gasteiger partial charge in [0.15, 0.2) is 6.61 Å². The van der Waals surface area contributed by atoms with Gasteiger partial charge in [0.05, 0.1) is 4.88 Å². The maximum atomic E-state index is 13.1. The first-order valence-electron chi connectivity index (χ1n) is 9.21. The van der Waals surface area contributed by atoms with Crippen LogP contribution in [0.4, 0.5) is 10.1 Å². The van der Waals surface area contributed by atoms with E-state index in [1.165, 1.54) is 23.5 Å². The van der Waals surface area contributed by atoms with E-state index >= 15 is 0 Å². The molecule has 0 spiro atoms. The number of halogens is 1. The summed E-state index contributed by atoms with van der Waals surface area (Å²) in [5.74, 6) is 0.0852. The fraction of sp³-hybridized carbons (Fsp3) is 0.182. The van der Waals surface area contributed by atoms with Crippen LogP contribution >= 0.6 is 11.3 Å². The molecule has 3 aromatic rings. The Balaban J connectivity index is 1.47. The average Bonchev–Trinajstić information content (AvgIpc) is 3.21. The molecular formula is C22H19FN2O3S. The van der Waals surface area contributed by atoms with Crippen molar-refractivity contribution in [2.75, 3.05) is 18.5 Å². The zero-order valence-corrected chi connectivity index (χ0v) is 16.4. The first-order valence-corrected chi connectivity index (χ1v) is 10.1. The Morgan fingerprint density at radius 2 is 2.00 bits per heavy atom. The lowest BCUT2D eigenvalue weighted by molar-refractivity contribution is -0.133. The quantitative estimate of drug-likeness (QED) is 0.689. The molecule has 5 nitrogen and oxygen atoms in total. The molecule has 0 unspecified atom stereocenters.